The fourth-order valence-electron chi connectivity index (χ4n) is 1.11. The molecule has 0 atom stereocenters. The van der Waals surface area contributed by atoms with Crippen LogP contribution in [0.15, 0.2) is 61.2 Å². The summed E-state index contributed by atoms with van der Waals surface area (Å²) in [5.41, 5.74) is 2.36. The summed E-state index contributed by atoms with van der Waals surface area (Å²) in [6.45, 7) is 13.8. The zero-order valence-corrected chi connectivity index (χ0v) is 11.9. The van der Waals surface area contributed by atoms with Gasteiger partial charge in [0.05, 0.1) is 0 Å². The molecule has 0 unspecified atom stereocenters. The standard InChI is InChI=1S/C13H14.2C2H6.CH4/c1-3-5-9-12(4-2)13-10-7-6-8-11-13;2*1-2;/h3-11H,2H2,1H3;2*1-2H3;1H4/b5-3-,12-9+;;;. The average Bonchev–Trinajstić information content (AvgIpc) is 2.45. The molecule has 0 saturated heterocycles. The SMILES string of the molecule is C.C=C/C(=C\C=C/C)c1ccccc1.CC.CC. The first-order chi connectivity index (χ1) is 8.38. The maximum absolute atomic E-state index is 3.79. The average molecular weight is 246 g/mol. The van der Waals surface area contributed by atoms with Crippen molar-refractivity contribution in [2.75, 3.05) is 0 Å². The highest BCUT2D eigenvalue weighted by atomic mass is 14.0. The minimum absolute atomic E-state index is 0. The van der Waals surface area contributed by atoms with Crippen molar-refractivity contribution in [3.8, 4) is 0 Å². The highest BCUT2D eigenvalue weighted by Gasteiger charge is 1.92. The van der Waals surface area contributed by atoms with Crippen molar-refractivity contribution in [1.29, 1.82) is 0 Å². The third-order valence-electron chi connectivity index (χ3n) is 1.80. The predicted molar refractivity (Wildman–Crippen MR) is 88.9 cm³/mol. The summed E-state index contributed by atoms with van der Waals surface area (Å²) in [5.74, 6) is 0. The van der Waals surface area contributed by atoms with Gasteiger partial charge in [-0.3, -0.25) is 0 Å². The number of hydrogen-bond donors (Lipinski definition) is 0. The lowest BCUT2D eigenvalue weighted by Crippen LogP contribution is -1.77. The van der Waals surface area contributed by atoms with Gasteiger partial charge in [0.2, 0.25) is 0 Å². The fraction of sp³-hybridized carbons (Fsp3) is 0.333. The Labute approximate surface area is 115 Å². The van der Waals surface area contributed by atoms with Gasteiger partial charge < -0.3 is 0 Å². The molecular weight excluding hydrogens is 216 g/mol. The van der Waals surface area contributed by atoms with E-state index in [0.717, 1.165) is 5.57 Å². The second kappa shape index (κ2) is 17.8. The van der Waals surface area contributed by atoms with Gasteiger partial charge in [-0.25, -0.2) is 0 Å². The second-order valence-corrected chi connectivity index (χ2v) is 2.72. The second-order valence-electron chi connectivity index (χ2n) is 2.72. The molecule has 0 fully saturated rings. The van der Waals surface area contributed by atoms with Crippen LogP contribution in [-0.4, -0.2) is 0 Å². The maximum atomic E-state index is 3.79. The first-order valence-electron chi connectivity index (χ1n) is 6.39. The third kappa shape index (κ3) is 9.65. The molecule has 0 heterocycles. The van der Waals surface area contributed by atoms with Crippen molar-refractivity contribution in [3.63, 3.8) is 0 Å². The molecule has 102 valence electrons. The number of benzene rings is 1. The van der Waals surface area contributed by atoms with Gasteiger partial charge in [-0.05, 0) is 18.1 Å². The normalized spacial score (nSPS) is 9.28. The van der Waals surface area contributed by atoms with Crippen molar-refractivity contribution >= 4 is 5.57 Å². The summed E-state index contributed by atoms with van der Waals surface area (Å²) in [5, 5.41) is 0. The van der Waals surface area contributed by atoms with E-state index >= 15 is 0 Å². The minimum atomic E-state index is 0. The van der Waals surface area contributed by atoms with E-state index in [1.165, 1.54) is 5.56 Å². The monoisotopic (exact) mass is 246 g/mol. The topological polar surface area (TPSA) is 0 Å². The van der Waals surface area contributed by atoms with E-state index in [1.807, 2.05) is 71.0 Å². The molecule has 0 saturated carbocycles. The molecule has 0 nitrogen and oxygen atoms in total. The van der Waals surface area contributed by atoms with Gasteiger partial charge in [0.15, 0.2) is 0 Å². The first kappa shape index (κ1) is 21.7. The zero-order chi connectivity index (χ0) is 13.5. The number of allylic oxidation sites excluding steroid dienone is 5. The van der Waals surface area contributed by atoms with Crippen LogP contribution in [0, 0.1) is 0 Å². The van der Waals surface area contributed by atoms with Crippen molar-refractivity contribution in [1.82, 2.24) is 0 Å². The molecule has 0 radical (unpaired) electrons. The van der Waals surface area contributed by atoms with Crippen LogP contribution in [0.5, 0.6) is 0 Å². The maximum Gasteiger partial charge on any atom is -0.0184 e. The van der Waals surface area contributed by atoms with Crippen LogP contribution in [0.3, 0.4) is 0 Å². The van der Waals surface area contributed by atoms with E-state index in [2.05, 4.69) is 24.8 Å². The Morgan fingerprint density at radius 3 is 1.89 bits per heavy atom. The predicted octanol–water partition coefficient (Wildman–Crippen LogP) is 6.52. The number of hydrogen-bond acceptors (Lipinski definition) is 0. The minimum Gasteiger partial charge on any atom is -0.0984 e. The summed E-state index contributed by atoms with van der Waals surface area (Å²) in [7, 11) is 0. The van der Waals surface area contributed by atoms with Crippen molar-refractivity contribution in [2.45, 2.75) is 42.0 Å². The van der Waals surface area contributed by atoms with Crippen LogP contribution in [0.25, 0.3) is 5.57 Å². The van der Waals surface area contributed by atoms with Gasteiger partial charge in [-0.1, -0.05) is 96.3 Å². The Hall–Kier alpha value is -1.56. The third-order valence-corrected chi connectivity index (χ3v) is 1.80. The van der Waals surface area contributed by atoms with Crippen LogP contribution in [-0.2, 0) is 0 Å². The highest BCUT2D eigenvalue weighted by Crippen LogP contribution is 2.14. The summed E-state index contributed by atoms with van der Waals surface area (Å²) in [6, 6.07) is 10.2. The first-order valence-corrected chi connectivity index (χ1v) is 6.39. The van der Waals surface area contributed by atoms with Crippen molar-refractivity contribution < 1.29 is 0 Å². The largest absolute Gasteiger partial charge is 0.0984 e. The van der Waals surface area contributed by atoms with E-state index in [9.17, 15) is 0 Å². The molecule has 0 heteroatoms. The van der Waals surface area contributed by atoms with Crippen molar-refractivity contribution in [3.05, 3.63) is 66.8 Å². The Kier molecular flexibility index (Phi) is 21.5. The van der Waals surface area contributed by atoms with Gasteiger partial charge in [-0.2, -0.15) is 0 Å². The van der Waals surface area contributed by atoms with Gasteiger partial charge in [0.25, 0.3) is 0 Å². The fourth-order valence-corrected chi connectivity index (χ4v) is 1.11. The molecule has 0 aliphatic heterocycles. The quantitative estimate of drug-likeness (QED) is 0.532. The van der Waals surface area contributed by atoms with Crippen LogP contribution in [0.2, 0.25) is 0 Å². The molecule has 0 N–H and O–H groups in total. The molecule has 0 spiro atoms. The lowest BCUT2D eigenvalue weighted by Gasteiger charge is -1.99. The molecule has 0 amide bonds. The summed E-state index contributed by atoms with van der Waals surface area (Å²) in [4.78, 5) is 0. The Balaban J connectivity index is -0.000000409. The lowest BCUT2D eigenvalue weighted by atomic mass is 10.1. The summed E-state index contributed by atoms with van der Waals surface area (Å²) >= 11 is 0. The van der Waals surface area contributed by atoms with E-state index < -0.39 is 0 Å². The van der Waals surface area contributed by atoms with Gasteiger partial charge in [0.1, 0.15) is 0 Å². The van der Waals surface area contributed by atoms with Crippen LogP contribution in [0.1, 0.15) is 47.6 Å². The Bertz CT molecular complexity index is 315. The molecule has 1 rings (SSSR count). The van der Waals surface area contributed by atoms with E-state index in [1.54, 1.807) is 0 Å². The molecule has 18 heavy (non-hydrogen) atoms. The molecule has 0 bridgehead atoms. The van der Waals surface area contributed by atoms with E-state index in [-0.39, 0.29) is 7.43 Å². The van der Waals surface area contributed by atoms with Gasteiger partial charge in [-0.15, -0.1) is 0 Å². The Morgan fingerprint density at radius 2 is 1.50 bits per heavy atom. The highest BCUT2D eigenvalue weighted by molar-refractivity contribution is 5.74. The van der Waals surface area contributed by atoms with E-state index in [4.69, 9.17) is 0 Å². The molecule has 0 aliphatic rings. The molecule has 0 aromatic heterocycles. The summed E-state index contributed by atoms with van der Waals surface area (Å²) in [6.07, 6.45) is 7.95. The smallest absolute Gasteiger partial charge is 0.0184 e. The Morgan fingerprint density at radius 1 is 1.00 bits per heavy atom. The summed E-state index contributed by atoms with van der Waals surface area (Å²) < 4.78 is 0. The molecule has 1 aromatic carbocycles. The van der Waals surface area contributed by atoms with Crippen molar-refractivity contribution in [2.24, 2.45) is 0 Å². The lowest BCUT2D eigenvalue weighted by molar-refractivity contribution is 1.50. The van der Waals surface area contributed by atoms with E-state index in [0.29, 0.717) is 0 Å². The molecule has 1 aromatic rings. The van der Waals surface area contributed by atoms with Gasteiger partial charge >= 0.3 is 0 Å². The van der Waals surface area contributed by atoms with Gasteiger partial charge in [0, 0.05) is 0 Å². The van der Waals surface area contributed by atoms with Crippen LogP contribution in [0.4, 0.5) is 0 Å². The molecular formula is C18H30. The van der Waals surface area contributed by atoms with Crippen LogP contribution < -0.4 is 0 Å². The van der Waals surface area contributed by atoms with Crippen LogP contribution >= 0.6 is 0 Å². The molecule has 0 aliphatic carbocycles. The zero-order valence-electron chi connectivity index (χ0n) is 11.9. The number of rotatable bonds is 3.